The van der Waals surface area contributed by atoms with Crippen molar-refractivity contribution in [3.63, 3.8) is 0 Å². The Morgan fingerprint density at radius 2 is 2.23 bits per heavy atom. The maximum absolute atomic E-state index is 14.4. The van der Waals surface area contributed by atoms with Crippen molar-refractivity contribution in [3.05, 3.63) is 47.3 Å². The summed E-state index contributed by atoms with van der Waals surface area (Å²) in [6.45, 7) is 1.13. The van der Waals surface area contributed by atoms with Gasteiger partial charge in [0.05, 0.1) is 12.5 Å². The van der Waals surface area contributed by atoms with Crippen LogP contribution in [0, 0.1) is 5.92 Å². The lowest BCUT2D eigenvalue weighted by atomic mass is 9.88. The number of halogens is 1. The number of aromatic nitrogens is 1. The minimum absolute atomic E-state index is 0.0102. The molecule has 0 aliphatic carbocycles. The van der Waals surface area contributed by atoms with Gasteiger partial charge in [-0.15, -0.1) is 10.2 Å². The van der Waals surface area contributed by atoms with Crippen molar-refractivity contribution in [2.45, 2.75) is 19.0 Å². The number of benzene rings is 1. The summed E-state index contributed by atoms with van der Waals surface area (Å²) < 4.78 is 26.0. The number of hydrogen-bond acceptors (Lipinski definition) is 7. The molecule has 2 aliphatic heterocycles. The van der Waals surface area contributed by atoms with E-state index in [1.165, 1.54) is 0 Å². The summed E-state index contributed by atoms with van der Waals surface area (Å²) in [6.07, 6.45) is 3.56. The maximum Gasteiger partial charge on any atom is 0.183 e. The Kier molecular flexibility index (Phi) is 4.71. The van der Waals surface area contributed by atoms with E-state index in [1.807, 2.05) is 6.07 Å². The Morgan fingerprint density at radius 1 is 1.33 bits per heavy atom. The van der Waals surface area contributed by atoms with Crippen molar-refractivity contribution < 1.29 is 18.7 Å². The van der Waals surface area contributed by atoms with Crippen LogP contribution in [0.5, 0.6) is 11.5 Å². The lowest BCUT2D eigenvalue weighted by Crippen LogP contribution is -2.38. The van der Waals surface area contributed by atoms with E-state index in [9.17, 15) is 9.50 Å². The van der Waals surface area contributed by atoms with Crippen LogP contribution < -0.4 is 10.1 Å². The zero-order chi connectivity index (χ0) is 20.7. The van der Waals surface area contributed by atoms with Crippen LogP contribution in [-0.4, -0.2) is 36.5 Å². The van der Waals surface area contributed by atoms with E-state index >= 15 is 0 Å². The van der Waals surface area contributed by atoms with E-state index in [2.05, 4.69) is 20.5 Å². The highest BCUT2D eigenvalue weighted by Crippen LogP contribution is 2.42. The van der Waals surface area contributed by atoms with E-state index in [1.54, 1.807) is 37.6 Å². The topological polar surface area (TPSA) is 92.2 Å². The van der Waals surface area contributed by atoms with Gasteiger partial charge in [-0.3, -0.25) is 0 Å². The molecule has 0 bridgehead atoms. The monoisotopic (exact) mass is 408 g/mol. The number of aromatic hydroxyl groups is 1. The molecule has 1 aromatic carbocycles. The van der Waals surface area contributed by atoms with Gasteiger partial charge in [-0.2, -0.15) is 0 Å². The molecule has 0 amide bonds. The first-order valence-electron chi connectivity index (χ1n) is 9.90. The zero-order valence-corrected chi connectivity index (χ0v) is 16.4. The summed E-state index contributed by atoms with van der Waals surface area (Å²) in [6, 6.07) is 7.20. The molecule has 0 radical (unpaired) electrons. The second-order valence-electron chi connectivity index (χ2n) is 7.52. The number of hydrogen-bond donors (Lipinski definition) is 2. The van der Waals surface area contributed by atoms with E-state index in [4.69, 9.17) is 9.15 Å². The Hall–Kier alpha value is -3.26. The van der Waals surface area contributed by atoms with Crippen molar-refractivity contribution in [3.8, 4) is 11.5 Å². The predicted molar refractivity (Wildman–Crippen MR) is 111 cm³/mol. The molecule has 0 spiro atoms. The van der Waals surface area contributed by atoms with Gasteiger partial charge < -0.3 is 19.6 Å². The molecular weight excluding hydrogens is 387 g/mol. The molecule has 7 nitrogen and oxygen atoms in total. The second kappa shape index (κ2) is 7.53. The van der Waals surface area contributed by atoms with Gasteiger partial charge in [-0.1, -0.05) is 0 Å². The second-order valence-corrected chi connectivity index (χ2v) is 7.52. The number of fused-ring (bicyclic) bond motifs is 2. The lowest BCUT2D eigenvalue weighted by molar-refractivity contribution is 0.179. The summed E-state index contributed by atoms with van der Waals surface area (Å²) in [5.41, 5.74) is 2.60. The molecule has 2 aliphatic rings. The van der Waals surface area contributed by atoms with Crippen molar-refractivity contribution in [1.82, 2.24) is 10.3 Å². The Morgan fingerprint density at radius 3 is 3.07 bits per heavy atom. The highest BCUT2D eigenvalue weighted by Gasteiger charge is 2.28. The smallest absolute Gasteiger partial charge is 0.183 e. The number of azo groups is 1. The molecule has 1 saturated heterocycles. The number of ether oxygens (including phenoxy) is 1. The van der Waals surface area contributed by atoms with Crippen LogP contribution in [0.2, 0.25) is 0 Å². The molecule has 8 heteroatoms. The third-order valence-electron chi connectivity index (χ3n) is 5.73. The Balaban J connectivity index is 1.58. The number of piperidine rings is 1. The highest BCUT2D eigenvalue weighted by atomic mass is 19.1. The molecule has 0 saturated carbocycles. The lowest BCUT2D eigenvalue weighted by Gasteiger charge is -2.27. The fourth-order valence-electron chi connectivity index (χ4n) is 4.12. The predicted octanol–water partition coefficient (Wildman–Crippen LogP) is 4.63. The van der Waals surface area contributed by atoms with Gasteiger partial charge in [0.25, 0.3) is 0 Å². The summed E-state index contributed by atoms with van der Waals surface area (Å²) >= 11 is 0. The first-order chi connectivity index (χ1) is 14.7. The quantitative estimate of drug-likeness (QED) is 0.657. The molecule has 3 aromatic rings. The van der Waals surface area contributed by atoms with Gasteiger partial charge in [0.2, 0.25) is 0 Å². The van der Waals surface area contributed by atoms with Crippen molar-refractivity contribution in [1.29, 1.82) is 0 Å². The third kappa shape index (κ3) is 3.13. The molecule has 2 atom stereocenters. The van der Waals surface area contributed by atoms with Crippen LogP contribution in [0.4, 0.5) is 10.2 Å². The van der Waals surface area contributed by atoms with Gasteiger partial charge in [-0.25, -0.2) is 9.37 Å². The normalized spacial score (nSPS) is 22.0. The van der Waals surface area contributed by atoms with Crippen LogP contribution in [-0.2, 0) is 6.42 Å². The Labute approximate surface area is 172 Å². The van der Waals surface area contributed by atoms with Crippen molar-refractivity contribution >= 4 is 28.6 Å². The highest BCUT2D eigenvalue weighted by molar-refractivity contribution is 5.95. The van der Waals surface area contributed by atoms with Crippen LogP contribution in [0.3, 0.4) is 0 Å². The number of furan rings is 1. The number of pyridine rings is 1. The van der Waals surface area contributed by atoms with E-state index < -0.39 is 6.17 Å². The third-order valence-corrected chi connectivity index (χ3v) is 5.73. The SMILES string of the molecule is COc1ccc2c(O)c(/C=C3\N=Nc4ncccc43)oc2c1C[C@@H]1CCNC[C@H]1F. The average molecular weight is 408 g/mol. The van der Waals surface area contributed by atoms with Crippen LogP contribution in [0.25, 0.3) is 22.7 Å². The number of alkyl halides is 1. The summed E-state index contributed by atoms with van der Waals surface area (Å²) in [4.78, 5) is 4.17. The largest absolute Gasteiger partial charge is 0.504 e. The van der Waals surface area contributed by atoms with E-state index in [0.29, 0.717) is 41.2 Å². The van der Waals surface area contributed by atoms with Crippen molar-refractivity contribution in [2.24, 2.45) is 16.1 Å². The summed E-state index contributed by atoms with van der Waals surface area (Å²) in [5, 5.41) is 22.6. The maximum atomic E-state index is 14.4. The molecular formula is C22H21FN4O3. The molecule has 4 heterocycles. The van der Waals surface area contributed by atoms with Crippen LogP contribution in [0.15, 0.2) is 45.1 Å². The van der Waals surface area contributed by atoms with Crippen LogP contribution in [0.1, 0.15) is 23.3 Å². The van der Waals surface area contributed by atoms with Gasteiger partial charge in [0.1, 0.15) is 23.2 Å². The molecule has 2 N–H and O–H groups in total. The van der Waals surface area contributed by atoms with Gasteiger partial charge in [-0.05, 0) is 49.6 Å². The zero-order valence-electron chi connectivity index (χ0n) is 16.4. The minimum Gasteiger partial charge on any atom is -0.504 e. The minimum atomic E-state index is -0.938. The fraction of sp³-hybridized carbons (Fsp3) is 0.318. The number of nitrogens with zero attached hydrogens (tertiary/aromatic N) is 3. The molecule has 0 unspecified atom stereocenters. The number of rotatable bonds is 4. The number of methoxy groups -OCH3 is 1. The molecule has 2 aromatic heterocycles. The first-order valence-corrected chi connectivity index (χ1v) is 9.90. The fourth-order valence-corrected chi connectivity index (χ4v) is 4.12. The van der Waals surface area contributed by atoms with Crippen molar-refractivity contribution in [2.75, 3.05) is 20.2 Å². The molecule has 5 rings (SSSR count). The summed E-state index contributed by atoms with van der Waals surface area (Å²) in [5.74, 6) is 1.29. The molecule has 30 heavy (non-hydrogen) atoms. The van der Waals surface area contributed by atoms with Gasteiger partial charge in [0, 0.05) is 29.9 Å². The Bertz CT molecular complexity index is 1170. The molecule has 154 valence electrons. The summed E-state index contributed by atoms with van der Waals surface area (Å²) in [7, 11) is 1.58. The number of nitrogens with one attached hydrogen (secondary N) is 1. The van der Waals surface area contributed by atoms with Gasteiger partial charge in [0.15, 0.2) is 17.3 Å². The van der Waals surface area contributed by atoms with E-state index in [-0.39, 0.29) is 17.4 Å². The molecule has 1 fully saturated rings. The van der Waals surface area contributed by atoms with Crippen LogP contribution >= 0.6 is 0 Å². The van der Waals surface area contributed by atoms with E-state index in [0.717, 1.165) is 24.1 Å². The van der Waals surface area contributed by atoms with Gasteiger partial charge >= 0.3 is 0 Å². The average Bonchev–Trinajstić information content (AvgIpc) is 3.32. The first kappa shape index (κ1) is 18.7. The standard InChI is InChI=1S/C22H21FN4O3/c1-29-18-5-4-14-20(28)19(10-17-13-3-2-7-25-22(13)27-26-17)30-21(14)15(18)9-12-6-8-24-11-16(12)23/h2-5,7,10,12,16,24,28H,6,8-9,11H2,1H3/b17-10-/t12-,16+/m0/s1.